The van der Waals surface area contributed by atoms with Crippen molar-refractivity contribution in [3.8, 4) is 17.2 Å². The Hall–Kier alpha value is -3.27. The molecule has 3 rings (SSSR count). The quantitative estimate of drug-likeness (QED) is 0.410. The Bertz CT molecular complexity index is 924. The van der Waals surface area contributed by atoms with Crippen molar-refractivity contribution >= 4 is 6.16 Å². The molecule has 0 unspecified atom stereocenters. The Morgan fingerprint density at radius 3 is 1.50 bits per heavy atom. The third-order valence-corrected chi connectivity index (χ3v) is 4.81. The molecule has 0 radical (unpaired) electrons. The SMILES string of the molecule is COc1ccc(C(C)(C)c2ccc(OC(=O)Oc3ccc(C)cc3)cc2)cc1. The first-order valence-electron chi connectivity index (χ1n) is 9.10. The average Bonchev–Trinajstić information content (AvgIpc) is 2.70. The monoisotopic (exact) mass is 376 g/mol. The number of rotatable bonds is 5. The van der Waals surface area contributed by atoms with Gasteiger partial charge < -0.3 is 14.2 Å². The number of methoxy groups -OCH3 is 1. The second-order valence-corrected chi connectivity index (χ2v) is 7.15. The molecule has 4 heteroatoms. The lowest BCUT2D eigenvalue weighted by atomic mass is 9.78. The summed E-state index contributed by atoms with van der Waals surface area (Å²) >= 11 is 0. The second kappa shape index (κ2) is 8.17. The molecule has 0 aromatic heterocycles. The summed E-state index contributed by atoms with van der Waals surface area (Å²) in [6.45, 7) is 6.27. The number of carbonyl (C=O) groups excluding carboxylic acids is 1. The highest BCUT2D eigenvalue weighted by atomic mass is 16.7. The molecule has 28 heavy (non-hydrogen) atoms. The maximum Gasteiger partial charge on any atom is 0.519 e. The second-order valence-electron chi connectivity index (χ2n) is 7.15. The highest BCUT2D eigenvalue weighted by Crippen LogP contribution is 2.33. The standard InChI is InChI=1S/C24H24O4/c1-17-5-11-21(12-6-17)27-23(25)28-22-15-9-19(10-16-22)24(2,3)18-7-13-20(26-4)14-8-18/h5-16H,1-4H3. The normalized spacial score (nSPS) is 11.0. The molecule has 144 valence electrons. The number of ether oxygens (including phenoxy) is 3. The van der Waals surface area contributed by atoms with Gasteiger partial charge in [-0.05, 0) is 54.4 Å². The van der Waals surface area contributed by atoms with Crippen LogP contribution in [0.15, 0.2) is 72.8 Å². The van der Waals surface area contributed by atoms with E-state index in [0.717, 1.165) is 16.9 Å². The minimum atomic E-state index is -0.758. The zero-order valence-corrected chi connectivity index (χ0v) is 16.6. The third-order valence-electron chi connectivity index (χ3n) is 4.81. The molecule has 0 aliphatic carbocycles. The van der Waals surface area contributed by atoms with Gasteiger partial charge in [0, 0.05) is 5.41 Å². The van der Waals surface area contributed by atoms with E-state index < -0.39 is 6.16 Å². The lowest BCUT2D eigenvalue weighted by Crippen LogP contribution is -2.19. The number of benzene rings is 3. The molecule has 0 heterocycles. The van der Waals surface area contributed by atoms with Gasteiger partial charge in [0.25, 0.3) is 0 Å². The molecular weight excluding hydrogens is 352 g/mol. The zero-order valence-electron chi connectivity index (χ0n) is 16.6. The van der Waals surface area contributed by atoms with Crippen LogP contribution in [0.25, 0.3) is 0 Å². The molecule has 0 aliphatic heterocycles. The van der Waals surface area contributed by atoms with Crippen molar-refractivity contribution in [3.05, 3.63) is 89.5 Å². The molecule has 4 nitrogen and oxygen atoms in total. The summed E-state index contributed by atoms with van der Waals surface area (Å²) in [5.41, 5.74) is 3.17. The largest absolute Gasteiger partial charge is 0.519 e. The van der Waals surface area contributed by atoms with E-state index in [1.807, 2.05) is 43.3 Å². The Balaban J connectivity index is 1.68. The van der Waals surface area contributed by atoms with Crippen LogP contribution in [0.5, 0.6) is 17.2 Å². The summed E-state index contributed by atoms with van der Waals surface area (Å²) in [4.78, 5) is 12.0. The molecule has 3 aromatic carbocycles. The van der Waals surface area contributed by atoms with Crippen LogP contribution in [0.3, 0.4) is 0 Å². The summed E-state index contributed by atoms with van der Waals surface area (Å²) in [6, 6.07) is 22.7. The van der Waals surface area contributed by atoms with Gasteiger partial charge >= 0.3 is 6.16 Å². The van der Waals surface area contributed by atoms with Gasteiger partial charge in [0.05, 0.1) is 7.11 Å². The van der Waals surface area contributed by atoms with Crippen molar-refractivity contribution in [3.63, 3.8) is 0 Å². The molecule has 0 spiro atoms. The Labute approximate surface area is 165 Å². The number of hydrogen-bond donors (Lipinski definition) is 0. The van der Waals surface area contributed by atoms with Crippen LogP contribution in [-0.2, 0) is 5.41 Å². The van der Waals surface area contributed by atoms with Crippen molar-refractivity contribution in [2.75, 3.05) is 7.11 Å². The van der Waals surface area contributed by atoms with Crippen LogP contribution in [-0.4, -0.2) is 13.3 Å². The van der Waals surface area contributed by atoms with Crippen LogP contribution < -0.4 is 14.2 Å². The minimum Gasteiger partial charge on any atom is -0.497 e. The van der Waals surface area contributed by atoms with Crippen molar-refractivity contribution < 1.29 is 19.0 Å². The Morgan fingerprint density at radius 2 is 1.07 bits per heavy atom. The smallest absolute Gasteiger partial charge is 0.497 e. The fourth-order valence-electron chi connectivity index (χ4n) is 2.93. The topological polar surface area (TPSA) is 44.8 Å². The van der Waals surface area contributed by atoms with E-state index in [4.69, 9.17) is 14.2 Å². The molecule has 0 amide bonds. The summed E-state index contributed by atoms with van der Waals surface area (Å²) in [5.74, 6) is 1.72. The maximum atomic E-state index is 12.0. The molecular formula is C24H24O4. The first kappa shape index (κ1) is 19.5. The van der Waals surface area contributed by atoms with E-state index >= 15 is 0 Å². The van der Waals surface area contributed by atoms with E-state index in [1.54, 1.807) is 31.4 Å². The summed E-state index contributed by atoms with van der Waals surface area (Å²) in [5, 5.41) is 0. The van der Waals surface area contributed by atoms with Gasteiger partial charge in [-0.15, -0.1) is 0 Å². The van der Waals surface area contributed by atoms with Gasteiger partial charge in [0.15, 0.2) is 0 Å². The van der Waals surface area contributed by atoms with Crippen molar-refractivity contribution in [2.45, 2.75) is 26.2 Å². The lowest BCUT2D eigenvalue weighted by molar-refractivity contribution is 0.152. The van der Waals surface area contributed by atoms with E-state index in [9.17, 15) is 4.79 Å². The fraction of sp³-hybridized carbons (Fsp3) is 0.208. The minimum absolute atomic E-state index is 0.201. The van der Waals surface area contributed by atoms with Crippen LogP contribution in [0.4, 0.5) is 4.79 Å². The van der Waals surface area contributed by atoms with Crippen LogP contribution in [0.2, 0.25) is 0 Å². The average molecular weight is 376 g/mol. The first-order chi connectivity index (χ1) is 13.4. The van der Waals surface area contributed by atoms with Crippen LogP contribution >= 0.6 is 0 Å². The van der Waals surface area contributed by atoms with Gasteiger partial charge in [0.2, 0.25) is 0 Å². The van der Waals surface area contributed by atoms with Gasteiger partial charge in [-0.25, -0.2) is 4.79 Å². The first-order valence-corrected chi connectivity index (χ1v) is 9.10. The lowest BCUT2D eigenvalue weighted by Gasteiger charge is -2.26. The molecule has 0 saturated carbocycles. The summed E-state index contributed by atoms with van der Waals surface area (Å²) in [6.07, 6.45) is -0.758. The molecule has 0 atom stereocenters. The van der Waals surface area contributed by atoms with Crippen molar-refractivity contribution in [2.24, 2.45) is 0 Å². The zero-order chi connectivity index (χ0) is 20.1. The van der Waals surface area contributed by atoms with E-state index in [2.05, 4.69) is 26.0 Å². The van der Waals surface area contributed by atoms with E-state index in [1.165, 1.54) is 5.56 Å². The van der Waals surface area contributed by atoms with Crippen LogP contribution in [0.1, 0.15) is 30.5 Å². The number of aryl methyl sites for hydroxylation is 1. The molecule has 0 fully saturated rings. The van der Waals surface area contributed by atoms with Gasteiger partial charge in [-0.3, -0.25) is 0 Å². The molecule has 3 aromatic rings. The molecule has 0 saturated heterocycles. The number of hydrogen-bond acceptors (Lipinski definition) is 4. The summed E-state index contributed by atoms with van der Waals surface area (Å²) < 4.78 is 15.7. The molecule has 0 aliphatic rings. The predicted octanol–water partition coefficient (Wildman–Crippen LogP) is 5.91. The Morgan fingerprint density at radius 1 is 0.679 bits per heavy atom. The third kappa shape index (κ3) is 4.52. The van der Waals surface area contributed by atoms with E-state index in [-0.39, 0.29) is 5.41 Å². The maximum absolute atomic E-state index is 12.0. The van der Waals surface area contributed by atoms with Crippen molar-refractivity contribution in [1.29, 1.82) is 0 Å². The fourth-order valence-corrected chi connectivity index (χ4v) is 2.93. The highest BCUT2D eigenvalue weighted by molar-refractivity contribution is 5.67. The number of carbonyl (C=O) groups is 1. The summed E-state index contributed by atoms with van der Waals surface area (Å²) in [7, 11) is 1.66. The molecule has 0 N–H and O–H groups in total. The Kier molecular flexibility index (Phi) is 5.69. The van der Waals surface area contributed by atoms with E-state index in [0.29, 0.717) is 11.5 Å². The van der Waals surface area contributed by atoms with Crippen molar-refractivity contribution in [1.82, 2.24) is 0 Å². The molecule has 0 bridgehead atoms. The van der Waals surface area contributed by atoms with Gasteiger partial charge in [-0.2, -0.15) is 0 Å². The highest BCUT2D eigenvalue weighted by Gasteiger charge is 2.23. The van der Waals surface area contributed by atoms with Gasteiger partial charge in [0.1, 0.15) is 17.2 Å². The van der Waals surface area contributed by atoms with Crippen LogP contribution in [0, 0.1) is 6.92 Å². The van der Waals surface area contributed by atoms with Gasteiger partial charge in [-0.1, -0.05) is 55.8 Å². The predicted molar refractivity (Wildman–Crippen MR) is 109 cm³/mol.